The lowest BCUT2D eigenvalue weighted by atomic mass is 10.1. The number of carboxylic acids is 1. The number of furan rings is 1. The van der Waals surface area contributed by atoms with E-state index in [4.69, 9.17) is 9.15 Å². The first-order valence-electron chi connectivity index (χ1n) is 10.1. The number of hydrogen-bond donors (Lipinski definition) is 2. The number of alkyl carbamates (subject to hydrolysis) is 1. The highest BCUT2D eigenvalue weighted by molar-refractivity contribution is 5.83. The van der Waals surface area contributed by atoms with E-state index < -0.39 is 23.9 Å². The summed E-state index contributed by atoms with van der Waals surface area (Å²) in [4.78, 5) is 23.6. The SMILES string of the molecule is O=C(NC(Cc1ccc(F)cc1)C(=O)O)OCc1ccc2oc(-c3ccc(F)cc3)cc2c1. The molecule has 0 aliphatic heterocycles. The van der Waals surface area contributed by atoms with Gasteiger partial charge in [0.25, 0.3) is 0 Å². The maximum atomic E-state index is 13.1. The zero-order valence-corrected chi connectivity index (χ0v) is 17.3. The molecule has 0 bridgehead atoms. The van der Waals surface area contributed by atoms with Crippen LogP contribution in [0, 0.1) is 11.6 Å². The lowest BCUT2D eigenvalue weighted by molar-refractivity contribution is -0.139. The van der Waals surface area contributed by atoms with E-state index in [2.05, 4.69) is 5.32 Å². The van der Waals surface area contributed by atoms with Gasteiger partial charge in [-0.2, -0.15) is 0 Å². The van der Waals surface area contributed by atoms with Gasteiger partial charge in [0.2, 0.25) is 0 Å². The third-order valence-corrected chi connectivity index (χ3v) is 5.02. The van der Waals surface area contributed by atoms with Crippen LogP contribution < -0.4 is 5.32 Å². The van der Waals surface area contributed by atoms with Gasteiger partial charge in [-0.3, -0.25) is 0 Å². The molecule has 1 aromatic heterocycles. The van der Waals surface area contributed by atoms with Gasteiger partial charge < -0.3 is 19.6 Å². The number of carbonyl (C=O) groups excluding carboxylic acids is 1. The molecular formula is C25H19F2NO5. The van der Waals surface area contributed by atoms with E-state index in [-0.39, 0.29) is 18.8 Å². The molecule has 0 aliphatic carbocycles. The molecule has 2 N–H and O–H groups in total. The summed E-state index contributed by atoms with van der Waals surface area (Å²) in [7, 11) is 0. The van der Waals surface area contributed by atoms with Crippen LogP contribution in [0.1, 0.15) is 11.1 Å². The van der Waals surface area contributed by atoms with E-state index >= 15 is 0 Å². The van der Waals surface area contributed by atoms with Crippen LogP contribution in [0.3, 0.4) is 0 Å². The Labute approximate surface area is 187 Å². The van der Waals surface area contributed by atoms with Crippen molar-refractivity contribution in [1.29, 1.82) is 0 Å². The number of aliphatic carboxylic acids is 1. The summed E-state index contributed by atoms with van der Waals surface area (Å²) < 4.78 is 37.1. The van der Waals surface area contributed by atoms with Crippen molar-refractivity contribution in [3.63, 3.8) is 0 Å². The fourth-order valence-corrected chi connectivity index (χ4v) is 3.33. The summed E-state index contributed by atoms with van der Waals surface area (Å²) in [6.45, 7) is -0.0816. The third-order valence-electron chi connectivity index (χ3n) is 5.02. The van der Waals surface area contributed by atoms with E-state index in [1.54, 1.807) is 36.4 Å². The monoisotopic (exact) mass is 451 g/mol. The molecule has 0 spiro atoms. The number of rotatable bonds is 7. The van der Waals surface area contributed by atoms with Crippen LogP contribution in [0.15, 0.2) is 77.2 Å². The van der Waals surface area contributed by atoms with E-state index in [1.807, 2.05) is 0 Å². The Hall–Kier alpha value is -4.20. The fraction of sp³-hybridized carbons (Fsp3) is 0.120. The standard InChI is InChI=1S/C25H19F2NO5/c26-19-6-1-15(2-7-19)12-21(24(29)30)28-25(31)32-14-16-3-10-22-18(11-16)13-23(33-22)17-4-8-20(27)9-5-17/h1-11,13,21H,12,14H2,(H,28,31)(H,29,30). The van der Waals surface area contributed by atoms with Crippen LogP contribution >= 0.6 is 0 Å². The van der Waals surface area contributed by atoms with Gasteiger partial charge in [-0.1, -0.05) is 18.2 Å². The van der Waals surface area contributed by atoms with Gasteiger partial charge in [0, 0.05) is 17.4 Å². The number of ether oxygens (including phenoxy) is 1. The van der Waals surface area contributed by atoms with Crippen LogP contribution in [0.5, 0.6) is 0 Å². The molecule has 6 nitrogen and oxygen atoms in total. The van der Waals surface area contributed by atoms with E-state index in [1.165, 1.54) is 36.4 Å². The third kappa shape index (κ3) is 5.54. The van der Waals surface area contributed by atoms with Gasteiger partial charge in [0.05, 0.1) is 0 Å². The molecule has 1 atom stereocenters. The smallest absolute Gasteiger partial charge is 0.408 e. The van der Waals surface area contributed by atoms with Crippen LogP contribution in [0.25, 0.3) is 22.3 Å². The molecule has 33 heavy (non-hydrogen) atoms. The normalized spacial score (nSPS) is 11.8. The number of hydrogen-bond acceptors (Lipinski definition) is 4. The fourth-order valence-electron chi connectivity index (χ4n) is 3.33. The Morgan fingerprint density at radius 2 is 1.55 bits per heavy atom. The van der Waals surface area contributed by atoms with Gasteiger partial charge in [0.1, 0.15) is 35.6 Å². The molecule has 1 unspecified atom stereocenters. The van der Waals surface area contributed by atoms with Crippen LogP contribution in [0.4, 0.5) is 13.6 Å². The lowest BCUT2D eigenvalue weighted by Gasteiger charge is -2.15. The molecule has 0 fully saturated rings. The zero-order chi connectivity index (χ0) is 23.4. The molecule has 4 rings (SSSR count). The van der Waals surface area contributed by atoms with E-state index in [0.29, 0.717) is 22.5 Å². The average Bonchev–Trinajstić information content (AvgIpc) is 3.22. The lowest BCUT2D eigenvalue weighted by Crippen LogP contribution is -2.42. The van der Waals surface area contributed by atoms with Crippen molar-refractivity contribution in [1.82, 2.24) is 5.32 Å². The summed E-state index contributed by atoms with van der Waals surface area (Å²) in [5, 5.41) is 12.5. The van der Waals surface area contributed by atoms with Crippen molar-refractivity contribution in [2.45, 2.75) is 19.1 Å². The Bertz CT molecular complexity index is 1280. The van der Waals surface area contributed by atoms with Crippen LogP contribution in [-0.4, -0.2) is 23.2 Å². The van der Waals surface area contributed by atoms with Gasteiger partial charge in [-0.05, 0) is 65.7 Å². The second-order valence-electron chi connectivity index (χ2n) is 7.43. The van der Waals surface area contributed by atoms with Crippen LogP contribution in [-0.2, 0) is 22.6 Å². The minimum absolute atomic E-state index is 0.0160. The van der Waals surface area contributed by atoms with Gasteiger partial charge >= 0.3 is 12.1 Å². The Morgan fingerprint density at radius 3 is 2.21 bits per heavy atom. The number of fused-ring (bicyclic) bond motifs is 1. The summed E-state index contributed by atoms with van der Waals surface area (Å²) in [6.07, 6.45) is -0.901. The van der Waals surface area contributed by atoms with E-state index in [9.17, 15) is 23.5 Å². The molecule has 168 valence electrons. The molecule has 4 aromatic rings. The molecule has 0 saturated heterocycles. The molecule has 0 saturated carbocycles. The Kier molecular flexibility index (Phi) is 6.35. The number of benzene rings is 3. The topological polar surface area (TPSA) is 88.8 Å². The number of carbonyl (C=O) groups is 2. The second-order valence-corrected chi connectivity index (χ2v) is 7.43. The molecule has 0 aliphatic rings. The summed E-state index contributed by atoms with van der Waals surface area (Å²) >= 11 is 0. The Balaban J connectivity index is 1.38. The maximum Gasteiger partial charge on any atom is 0.408 e. The first kappa shape index (κ1) is 22.0. The molecule has 8 heteroatoms. The van der Waals surface area contributed by atoms with Crippen molar-refractivity contribution >= 4 is 23.0 Å². The summed E-state index contributed by atoms with van der Waals surface area (Å²) in [5.74, 6) is -1.43. The molecule has 1 heterocycles. The first-order valence-corrected chi connectivity index (χ1v) is 10.1. The van der Waals surface area contributed by atoms with E-state index in [0.717, 1.165) is 10.9 Å². The molecular weight excluding hydrogens is 432 g/mol. The summed E-state index contributed by atoms with van der Waals surface area (Å²) in [6, 6.07) is 17.1. The highest BCUT2D eigenvalue weighted by atomic mass is 19.1. The highest BCUT2D eigenvalue weighted by Gasteiger charge is 2.21. The average molecular weight is 451 g/mol. The maximum absolute atomic E-state index is 13.1. The largest absolute Gasteiger partial charge is 0.480 e. The van der Waals surface area contributed by atoms with Gasteiger partial charge in [0.15, 0.2) is 0 Å². The number of carboxylic acid groups (broad SMARTS) is 1. The molecule has 1 amide bonds. The predicted octanol–water partition coefficient (Wildman–Crippen LogP) is 5.30. The van der Waals surface area contributed by atoms with Gasteiger partial charge in [-0.25, -0.2) is 18.4 Å². The quantitative estimate of drug-likeness (QED) is 0.398. The highest BCUT2D eigenvalue weighted by Crippen LogP contribution is 2.28. The Morgan fingerprint density at radius 1 is 0.909 bits per heavy atom. The van der Waals surface area contributed by atoms with Crippen LogP contribution in [0.2, 0.25) is 0 Å². The van der Waals surface area contributed by atoms with Crippen molar-refractivity contribution in [3.05, 3.63) is 95.6 Å². The first-order chi connectivity index (χ1) is 15.9. The second kappa shape index (κ2) is 9.52. The van der Waals surface area contributed by atoms with Crippen molar-refractivity contribution < 1.29 is 32.6 Å². The number of amides is 1. The molecule has 3 aromatic carbocycles. The van der Waals surface area contributed by atoms with Gasteiger partial charge in [-0.15, -0.1) is 0 Å². The summed E-state index contributed by atoms with van der Waals surface area (Å²) in [5.41, 5.74) is 2.58. The van der Waals surface area contributed by atoms with Crippen molar-refractivity contribution in [2.24, 2.45) is 0 Å². The molecule has 0 radical (unpaired) electrons. The minimum Gasteiger partial charge on any atom is -0.480 e. The van der Waals surface area contributed by atoms with Crippen molar-refractivity contribution in [2.75, 3.05) is 0 Å². The zero-order valence-electron chi connectivity index (χ0n) is 17.3. The predicted molar refractivity (Wildman–Crippen MR) is 116 cm³/mol. The minimum atomic E-state index is -1.23. The number of halogens is 2. The van der Waals surface area contributed by atoms with Crippen molar-refractivity contribution in [3.8, 4) is 11.3 Å². The number of nitrogens with one attached hydrogen (secondary N) is 1.